The Kier molecular flexibility index (Phi) is 7.10. The van der Waals surface area contributed by atoms with Gasteiger partial charge in [-0.2, -0.15) is 0 Å². The van der Waals surface area contributed by atoms with E-state index in [-0.39, 0.29) is 31.1 Å². The van der Waals surface area contributed by atoms with Gasteiger partial charge in [0.25, 0.3) is 0 Å². The molecule has 1 aliphatic rings. The minimum Gasteiger partial charge on any atom is -0.396 e. The van der Waals surface area contributed by atoms with Gasteiger partial charge in [-0.1, -0.05) is 19.9 Å². The molecule has 4 heteroatoms. The average molecular weight is 269 g/mol. The summed E-state index contributed by atoms with van der Waals surface area (Å²) in [6, 6.07) is 0.108. The van der Waals surface area contributed by atoms with Gasteiger partial charge in [0.2, 0.25) is 5.91 Å². The quantitative estimate of drug-likeness (QED) is 0.642. The van der Waals surface area contributed by atoms with Crippen molar-refractivity contribution in [3.8, 4) is 0 Å². The van der Waals surface area contributed by atoms with E-state index in [0.717, 1.165) is 31.3 Å². The van der Waals surface area contributed by atoms with E-state index in [9.17, 15) is 15.0 Å². The SMILES string of the molecule is CC(C)CCC(=O)NC1CCC(CO)=CC(CO)C1. The molecule has 19 heavy (non-hydrogen) atoms. The highest BCUT2D eigenvalue weighted by Crippen LogP contribution is 2.22. The molecule has 2 atom stereocenters. The summed E-state index contributed by atoms with van der Waals surface area (Å²) in [5.41, 5.74) is 0.970. The molecule has 1 amide bonds. The molecule has 4 nitrogen and oxygen atoms in total. The fourth-order valence-corrected chi connectivity index (χ4v) is 2.44. The first kappa shape index (κ1) is 16.2. The third-order valence-electron chi connectivity index (χ3n) is 3.62. The summed E-state index contributed by atoms with van der Waals surface area (Å²) in [6.07, 6.45) is 5.83. The van der Waals surface area contributed by atoms with E-state index in [0.29, 0.717) is 12.3 Å². The second-order valence-electron chi connectivity index (χ2n) is 5.90. The highest BCUT2D eigenvalue weighted by atomic mass is 16.3. The summed E-state index contributed by atoms with van der Waals surface area (Å²) in [4.78, 5) is 11.8. The lowest BCUT2D eigenvalue weighted by Crippen LogP contribution is -2.36. The number of nitrogens with one attached hydrogen (secondary N) is 1. The number of carbonyl (C=O) groups excluding carboxylic acids is 1. The number of hydrogen-bond acceptors (Lipinski definition) is 3. The van der Waals surface area contributed by atoms with Crippen LogP contribution in [-0.4, -0.2) is 35.4 Å². The molecule has 2 unspecified atom stereocenters. The van der Waals surface area contributed by atoms with Crippen LogP contribution in [0.3, 0.4) is 0 Å². The van der Waals surface area contributed by atoms with Gasteiger partial charge in [-0.3, -0.25) is 4.79 Å². The largest absolute Gasteiger partial charge is 0.396 e. The number of amides is 1. The highest BCUT2D eigenvalue weighted by molar-refractivity contribution is 5.76. The third-order valence-corrected chi connectivity index (χ3v) is 3.62. The molecule has 0 aromatic carbocycles. The van der Waals surface area contributed by atoms with Crippen LogP contribution in [0, 0.1) is 11.8 Å². The normalized spacial score (nSPS) is 23.9. The van der Waals surface area contributed by atoms with Gasteiger partial charge in [-0.25, -0.2) is 0 Å². The molecular weight excluding hydrogens is 242 g/mol. The smallest absolute Gasteiger partial charge is 0.220 e. The average Bonchev–Trinajstić information content (AvgIpc) is 2.58. The molecule has 0 aliphatic heterocycles. The van der Waals surface area contributed by atoms with E-state index in [1.165, 1.54) is 0 Å². The molecule has 0 fully saturated rings. The van der Waals surface area contributed by atoms with E-state index in [1.54, 1.807) is 0 Å². The molecule has 0 spiro atoms. The molecule has 0 radical (unpaired) electrons. The Morgan fingerprint density at radius 1 is 1.47 bits per heavy atom. The van der Waals surface area contributed by atoms with Gasteiger partial charge in [-0.15, -0.1) is 0 Å². The van der Waals surface area contributed by atoms with Crippen molar-refractivity contribution in [3.63, 3.8) is 0 Å². The molecule has 0 aromatic heterocycles. The lowest BCUT2D eigenvalue weighted by molar-refractivity contribution is -0.122. The zero-order chi connectivity index (χ0) is 14.3. The van der Waals surface area contributed by atoms with Crippen molar-refractivity contribution in [2.75, 3.05) is 13.2 Å². The number of rotatable bonds is 6. The predicted octanol–water partition coefficient (Wildman–Crippen LogP) is 1.62. The van der Waals surface area contributed by atoms with Crippen LogP contribution in [0.25, 0.3) is 0 Å². The first-order valence-electron chi connectivity index (χ1n) is 7.25. The standard InChI is InChI=1S/C15H27NO3/c1-11(2)3-6-15(19)16-14-5-4-12(9-17)7-13(8-14)10-18/h7,11,13-14,17-18H,3-6,8-10H2,1-2H3,(H,16,19). The Labute approximate surface area is 115 Å². The van der Waals surface area contributed by atoms with E-state index >= 15 is 0 Å². The molecule has 0 saturated carbocycles. The Hall–Kier alpha value is -0.870. The van der Waals surface area contributed by atoms with E-state index in [1.807, 2.05) is 6.08 Å². The molecule has 0 saturated heterocycles. The van der Waals surface area contributed by atoms with E-state index < -0.39 is 0 Å². The number of hydrogen-bond donors (Lipinski definition) is 3. The maximum Gasteiger partial charge on any atom is 0.220 e. The monoisotopic (exact) mass is 269 g/mol. The van der Waals surface area contributed by atoms with Crippen LogP contribution in [0.4, 0.5) is 0 Å². The van der Waals surface area contributed by atoms with Crippen molar-refractivity contribution in [1.82, 2.24) is 5.32 Å². The van der Waals surface area contributed by atoms with Crippen LogP contribution in [-0.2, 0) is 4.79 Å². The van der Waals surface area contributed by atoms with Gasteiger partial charge in [0.05, 0.1) is 6.61 Å². The molecule has 1 aliphatic carbocycles. The summed E-state index contributed by atoms with van der Waals surface area (Å²) in [5, 5.41) is 21.6. The lowest BCUT2D eigenvalue weighted by Gasteiger charge is -2.19. The van der Waals surface area contributed by atoms with E-state index in [4.69, 9.17) is 0 Å². The molecule has 0 aromatic rings. The molecular formula is C15H27NO3. The predicted molar refractivity (Wildman–Crippen MR) is 75.6 cm³/mol. The summed E-state index contributed by atoms with van der Waals surface area (Å²) < 4.78 is 0. The van der Waals surface area contributed by atoms with Crippen molar-refractivity contribution in [3.05, 3.63) is 11.6 Å². The second kappa shape index (κ2) is 8.33. The van der Waals surface area contributed by atoms with Crippen LogP contribution in [0.1, 0.15) is 46.0 Å². The van der Waals surface area contributed by atoms with Crippen molar-refractivity contribution < 1.29 is 15.0 Å². The molecule has 3 N–H and O–H groups in total. The molecule has 0 bridgehead atoms. The van der Waals surface area contributed by atoms with Crippen molar-refractivity contribution in [1.29, 1.82) is 0 Å². The second-order valence-corrected chi connectivity index (χ2v) is 5.90. The summed E-state index contributed by atoms with van der Waals surface area (Å²) in [6.45, 7) is 4.34. The Morgan fingerprint density at radius 2 is 2.21 bits per heavy atom. The summed E-state index contributed by atoms with van der Waals surface area (Å²) >= 11 is 0. The minimum atomic E-state index is 0.0417. The van der Waals surface area contributed by atoms with Crippen LogP contribution < -0.4 is 5.32 Å². The zero-order valence-electron chi connectivity index (χ0n) is 12.1. The fraction of sp³-hybridized carbons (Fsp3) is 0.800. The number of carbonyl (C=O) groups is 1. The minimum absolute atomic E-state index is 0.0417. The van der Waals surface area contributed by atoms with Crippen molar-refractivity contribution >= 4 is 5.91 Å². The van der Waals surface area contributed by atoms with Crippen molar-refractivity contribution in [2.24, 2.45) is 11.8 Å². The van der Waals surface area contributed by atoms with E-state index in [2.05, 4.69) is 19.2 Å². The Morgan fingerprint density at radius 3 is 2.79 bits per heavy atom. The Balaban J connectivity index is 2.45. The maximum atomic E-state index is 11.8. The van der Waals surface area contributed by atoms with Gasteiger partial charge >= 0.3 is 0 Å². The van der Waals surface area contributed by atoms with Crippen molar-refractivity contribution in [2.45, 2.75) is 52.0 Å². The first-order chi connectivity index (χ1) is 9.05. The summed E-state index contributed by atoms with van der Waals surface area (Å²) in [5.74, 6) is 0.676. The Bertz CT molecular complexity index is 313. The van der Waals surface area contributed by atoms with Gasteiger partial charge in [-0.05, 0) is 37.2 Å². The van der Waals surface area contributed by atoms with Crippen LogP contribution in [0.2, 0.25) is 0 Å². The first-order valence-corrected chi connectivity index (χ1v) is 7.25. The van der Waals surface area contributed by atoms with Gasteiger partial charge in [0, 0.05) is 25.0 Å². The fourth-order valence-electron chi connectivity index (χ4n) is 2.44. The topological polar surface area (TPSA) is 69.6 Å². The van der Waals surface area contributed by atoms with Crippen LogP contribution in [0.5, 0.6) is 0 Å². The van der Waals surface area contributed by atoms with Crippen LogP contribution in [0.15, 0.2) is 11.6 Å². The van der Waals surface area contributed by atoms with Gasteiger partial charge < -0.3 is 15.5 Å². The third kappa shape index (κ3) is 6.21. The lowest BCUT2D eigenvalue weighted by atomic mass is 10.00. The maximum absolute atomic E-state index is 11.8. The number of aliphatic hydroxyl groups excluding tert-OH is 2. The summed E-state index contributed by atoms with van der Waals surface area (Å²) in [7, 11) is 0. The highest BCUT2D eigenvalue weighted by Gasteiger charge is 2.20. The zero-order valence-corrected chi connectivity index (χ0v) is 12.1. The molecule has 110 valence electrons. The van der Waals surface area contributed by atoms with Gasteiger partial charge in [0.15, 0.2) is 0 Å². The van der Waals surface area contributed by atoms with Gasteiger partial charge in [0.1, 0.15) is 0 Å². The number of aliphatic hydroxyl groups is 2. The molecule has 1 rings (SSSR count). The molecule has 0 heterocycles. The van der Waals surface area contributed by atoms with Crippen LogP contribution >= 0.6 is 0 Å².